The van der Waals surface area contributed by atoms with Gasteiger partial charge in [0.2, 0.25) is 5.91 Å². The van der Waals surface area contributed by atoms with E-state index in [4.69, 9.17) is 16.3 Å². The second kappa shape index (κ2) is 9.96. The number of anilines is 1. The maximum Gasteiger partial charge on any atom is 0.238 e. The second-order valence-corrected chi connectivity index (χ2v) is 5.49. The van der Waals surface area contributed by atoms with Crippen LogP contribution in [0.5, 0.6) is 0 Å². The third kappa shape index (κ3) is 6.23. The molecule has 0 aromatic carbocycles. The number of nitrogens with one attached hydrogen (secondary N) is 2. The Morgan fingerprint density at radius 3 is 3.00 bits per heavy atom. The molecule has 0 spiro atoms. The summed E-state index contributed by atoms with van der Waals surface area (Å²) >= 11 is 6.12. The van der Waals surface area contributed by atoms with Crippen molar-refractivity contribution in [1.29, 1.82) is 0 Å². The van der Waals surface area contributed by atoms with Crippen LogP contribution in [0.4, 0.5) is 5.69 Å². The van der Waals surface area contributed by atoms with Crippen molar-refractivity contribution in [3.63, 3.8) is 0 Å². The minimum absolute atomic E-state index is 0.176. The van der Waals surface area contributed by atoms with E-state index in [2.05, 4.69) is 25.9 Å². The second-order valence-electron chi connectivity index (χ2n) is 5.13. The minimum atomic E-state index is -0.176. The molecule has 0 atom stereocenters. The number of rotatable bonds is 10. The zero-order chi connectivity index (χ0) is 17.2. The molecular weight excluding hydrogens is 332 g/mol. The number of hydrogen-bond acceptors (Lipinski definition) is 6. The summed E-state index contributed by atoms with van der Waals surface area (Å²) in [6.45, 7) is 2.12. The van der Waals surface area contributed by atoms with Gasteiger partial charge in [-0.1, -0.05) is 16.8 Å². The summed E-state index contributed by atoms with van der Waals surface area (Å²) < 4.78 is 6.70. The minimum Gasteiger partial charge on any atom is -0.385 e. The first-order valence-electron chi connectivity index (χ1n) is 7.68. The molecule has 0 bridgehead atoms. The Balaban J connectivity index is 1.72. The molecule has 0 saturated heterocycles. The number of methoxy groups -OCH3 is 1. The van der Waals surface area contributed by atoms with Crippen LogP contribution in [0.15, 0.2) is 24.5 Å². The lowest BCUT2D eigenvalue weighted by atomic mass is 10.2. The van der Waals surface area contributed by atoms with Gasteiger partial charge in [-0.2, -0.15) is 0 Å². The highest BCUT2D eigenvalue weighted by molar-refractivity contribution is 6.32. The van der Waals surface area contributed by atoms with Crippen LogP contribution in [0, 0.1) is 0 Å². The standard InChI is InChI=1S/C15H21ClN6O2/c1-24-10-2-3-12-4-5-13(15(16)19-12)20-14(23)11-17-6-8-22-9-7-18-21-22/h4-5,7,9,17H,2-3,6,8,10-11H2,1H3,(H,20,23). The largest absolute Gasteiger partial charge is 0.385 e. The van der Waals surface area contributed by atoms with Gasteiger partial charge in [0.05, 0.1) is 25.0 Å². The fourth-order valence-corrected chi connectivity index (χ4v) is 2.26. The Morgan fingerprint density at radius 1 is 1.42 bits per heavy atom. The molecule has 9 heteroatoms. The SMILES string of the molecule is COCCCc1ccc(NC(=O)CNCCn2ccnn2)c(Cl)n1. The molecule has 0 saturated carbocycles. The molecule has 130 valence electrons. The first-order valence-corrected chi connectivity index (χ1v) is 8.06. The van der Waals surface area contributed by atoms with E-state index in [9.17, 15) is 4.79 Å². The highest BCUT2D eigenvalue weighted by Gasteiger charge is 2.08. The van der Waals surface area contributed by atoms with E-state index in [0.29, 0.717) is 30.5 Å². The number of pyridine rings is 1. The molecule has 0 aliphatic carbocycles. The molecule has 0 fully saturated rings. The number of ether oxygens (including phenoxy) is 1. The number of aromatic nitrogens is 4. The van der Waals surface area contributed by atoms with Crippen molar-refractivity contribution in [2.45, 2.75) is 19.4 Å². The average Bonchev–Trinajstić information content (AvgIpc) is 3.08. The van der Waals surface area contributed by atoms with Gasteiger partial charge < -0.3 is 15.4 Å². The summed E-state index contributed by atoms with van der Waals surface area (Å²) in [5, 5.41) is 13.6. The predicted molar refractivity (Wildman–Crippen MR) is 91.0 cm³/mol. The number of carbonyl (C=O) groups is 1. The fourth-order valence-electron chi connectivity index (χ4n) is 2.04. The van der Waals surface area contributed by atoms with Gasteiger partial charge in [0.25, 0.3) is 0 Å². The van der Waals surface area contributed by atoms with E-state index in [0.717, 1.165) is 18.5 Å². The van der Waals surface area contributed by atoms with Crippen LogP contribution in [0.3, 0.4) is 0 Å². The van der Waals surface area contributed by atoms with Crippen LogP contribution in [-0.2, 0) is 22.5 Å². The van der Waals surface area contributed by atoms with Crippen LogP contribution < -0.4 is 10.6 Å². The summed E-state index contributed by atoms with van der Waals surface area (Å²) in [4.78, 5) is 16.2. The molecule has 8 nitrogen and oxygen atoms in total. The zero-order valence-electron chi connectivity index (χ0n) is 13.5. The summed E-state index contributed by atoms with van der Waals surface area (Å²) in [5.74, 6) is -0.176. The average molecular weight is 353 g/mol. The number of nitrogens with zero attached hydrogens (tertiary/aromatic N) is 4. The fraction of sp³-hybridized carbons (Fsp3) is 0.467. The highest BCUT2D eigenvalue weighted by atomic mass is 35.5. The molecule has 2 heterocycles. The van der Waals surface area contributed by atoms with E-state index in [1.807, 2.05) is 6.07 Å². The molecule has 2 rings (SSSR count). The molecule has 24 heavy (non-hydrogen) atoms. The number of amides is 1. The van der Waals surface area contributed by atoms with Gasteiger partial charge in [0, 0.05) is 32.2 Å². The quantitative estimate of drug-likeness (QED) is 0.492. The molecule has 0 aliphatic heterocycles. The number of aryl methyl sites for hydroxylation is 1. The lowest BCUT2D eigenvalue weighted by molar-refractivity contribution is -0.115. The summed E-state index contributed by atoms with van der Waals surface area (Å²) in [6, 6.07) is 3.63. The van der Waals surface area contributed by atoms with E-state index in [1.165, 1.54) is 0 Å². The monoisotopic (exact) mass is 352 g/mol. The van der Waals surface area contributed by atoms with Crippen molar-refractivity contribution in [3.05, 3.63) is 35.4 Å². The van der Waals surface area contributed by atoms with Crippen LogP contribution in [0.1, 0.15) is 12.1 Å². The van der Waals surface area contributed by atoms with Crippen molar-refractivity contribution >= 4 is 23.2 Å². The summed E-state index contributed by atoms with van der Waals surface area (Å²) in [5.41, 5.74) is 1.39. The van der Waals surface area contributed by atoms with Crippen LogP contribution >= 0.6 is 11.6 Å². The van der Waals surface area contributed by atoms with Gasteiger partial charge in [-0.3, -0.25) is 9.48 Å². The topological polar surface area (TPSA) is 94.0 Å². The summed E-state index contributed by atoms with van der Waals surface area (Å²) in [6.07, 6.45) is 5.04. The number of hydrogen-bond donors (Lipinski definition) is 2. The van der Waals surface area contributed by atoms with Crippen LogP contribution in [0.25, 0.3) is 0 Å². The lowest BCUT2D eigenvalue weighted by Crippen LogP contribution is -2.30. The molecule has 2 aromatic heterocycles. The normalized spacial score (nSPS) is 10.8. The van der Waals surface area contributed by atoms with Gasteiger partial charge in [-0.15, -0.1) is 5.10 Å². The Labute approximate surface area is 145 Å². The Kier molecular flexibility index (Phi) is 7.60. The molecule has 0 radical (unpaired) electrons. The third-order valence-corrected chi connectivity index (χ3v) is 3.53. The van der Waals surface area contributed by atoms with E-state index >= 15 is 0 Å². The molecule has 0 aliphatic rings. The smallest absolute Gasteiger partial charge is 0.238 e. The van der Waals surface area contributed by atoms with E-state index in [-0.39, 0.29) is 12.5 Å². The van der Waals surface area contributed by atoms with Crippen molar-refractivity contribution in [1.82, 2.24) is 25.3 Å². The van der Waals surface area contributed by atoms with Gasteiger partial charge in [0.1, 0.15) is 0 Å². The van der Waals surface area contributed by atoms with Gasteiger partial charge in [-0.25, -0.2) is 4.98 Å². The summed E-state index contributed by atoms with van der Waals surface area (Å²) in [7, 11) is 1.67. The molecule has 0 unspecified atom stereocenters. The molecule has 2 aromatic rings. The highest BCUT2D eigenvalue weighted by Crippen LogP contribution is 2.19. The molecule has 1 amide bonds. The van der Waals surface area contributed by atoms with Crippen molar-refractivity contribution < 1.29 is 9.53 Å². The number of carbonyl (C=O) groups excluding carboxylic acids is 1. The van der Waals surface area contributed by atoms with Crippen LogP contribution in [-0.4, -0.2) is 52.7 Å². The first-order chi connectivity index (χ1) is 11.7. The Hall–Kier alpha value is -2.03. The number of halogens is 1. The van der Waals surface area contributed by atoms with Crippen molar-refractivity contribution in [2.24, 2.45) is 0 Å². The van der Waals surface area contributed by atoms with E-state index in [1.54, 1.807) is 30.3 Å². The third-order valence-electron chi connectivity index (χ3n) is 3.24. The Bertz CT molecular complexity index is 635. The maximum absolute atomic E-state index is 11.9. The lowest BCUT2D eigenvalue weighted by Gasteiger charge is -2.09. The van der Waals surface area contributed by atoms with Crippen molar-refractivity contribution in [2.75, 3.05) is 32.1 Å². The van der Waals surface area contributed by atoms with E-state index < -0.39 is 0 Å². The van der Waals surface area contributed by atoms with Gasteiger partial charge >= 0.3 is 0 Å². The predicted octanol–water partition coefficient (Wildman–Crippen LogP) is 1.13. The van der Waals surface area contributed by atoms with Crippen molar-refractivity contribution in [3.8, 4) is 0 Å². The molecule has 2 N–H and O–H groups in total. The zero-order valence-corrected chi connectivity index (χ0v) is 14.3. The van der Waals surface area contributed by atoms with Gasteiger partial charge in [0.15, 0.2) is 5.15 Å². The first kappa shape index (κ1) is 18.3. The molecular formula is C15H21ClN6O2. The Morgan fingerprint density at radius 2 is 2.29 bits per heavy atom. The van der Waals surface area contributed by atoms with Gasteiger partial charge in [-0.05, 0) is 25.0 Å². The maximum atomic E-state index is 11.9. The van der Waals surface area contributed by atoms with Crippen LogP contribution in [0.2, 0.25) is 5.15 Å².